The zero-order chi connectivity index (χ0) is 25.2. The highest BCUT2D eigenvalue weighted by Gasteiger charge is 2.56. The van der Waals surface area contributed by atoms with E-state index >= 15 is 0 Å². The third kappa shape index (κ3) is 2.94. The van der Waals surface area contributed by atoms with E-state index in [0.717, 1.165) is 12.8 Å². The molecule has 0 spiro atoms. The molecule has 2 heteroatoms. The van der Waals surface area contributed by atoms with E-state index in [1.165, 1.54) is 11.1 Å². The second kappa shape index (κ2) is 6.98. The monoisotopic (exact) mass is 484 g/mol. The van der Waals surface area contributed by atoms with Gasteiger partial charge >= 0.3 is 0 Å². The Balaban J connectivity index is 2.01. The molecule has 2 aliphatic heterocycles. The molecule has 0 unspecified atom stereocenters. The topological polar surface area (TPSA) is 0 Å². The van der Waals surface area contributed by atoms with Crippen LogP contribution in [0.4, 0.5) is 0 Å². The fraction of sp³-hybridized carbons (Fsp3) is 0.500. The Hall–Kier alpha value is -1.65. The second-order valence-electron chi connectivity index (χ2n) is 14.3. The summed E-state index contributed by atoms with van der Waals surface area (Å²) in [4.78, 5) is 0. The first kappa shape index (κ1) is 24.1. The van der Waals surface area contributed by atoms with Gasteiger partial charge < -0.3 is 0 Å². The van der Waals surface area contributed by atoms with Crippen molar-refractivity contribution in [2.24, 2.45) is 0 Å². The third-order valence-electron chi connectivity index (χ3n) is 9.48. The lowest BCUT2D eigenvalue weighted by Gasteiger charge is -2.51. The molecular formula is C32H44Si2. The summed E-state index contributed by atoms with van der Waals surface area (Å²) in [5, 5.41) is 3.66. The van der Waals surface area contributed by atoms with Gasteiger partial charge in [-0.2, -0.15) is 0 Å². The van der Waals surface area contributed by atoms with Gasteiger partial charge in [-0.15, -0.1) is 0 Å². The minimum absolute atomic E-state index is 0.117. The standard InChI is InChI=1S/C32H44Si2/c1-19-17-22-18-23-26(24(22)25(21-15-13-14-16-21)27(19)31(3,4)5)30-28(32(6,7)8)20(2)29(23)33(9,10)34(30,11)12/h13-15,17H,16,18H2,1-12H3. The van der Waals surface area contributed by atoms with Crippen molar-refractivity contribution in [3.05, 3.63) is 63.2 Å². The number of benzene rings is 2. The van der Waals surface area contributed by atoms with Gasteiger partial charge in [0.1, 0.15) is 0 Å². The Bertz CT molecular complexity index is 1310. The maximum absolute atomic E-state index is 2.71. The Morgan fingerprint density at radius 2 is 1.32 bits per heavy atom. The lowest BCUT2D eigenvalue weighted by molar-refractivity contribution is 0.584. The average Bonchev–Trinajstić information content (AvgIpc) is 3.30. The molecule has 0 saturated heterocycles. The van der Waals surface area contributed by atoms with Crippen LogP contribution in [0.1, 0.15) is 86.9 Å². The first-order valence-corrected chi connectivity index (χ1v) is 20.3. The van der Waals surface area contributed by atoms with Crippen LogP contribution in [0, 0.1) is 13.8 Å². The van der Waals surface area contributed by atoms with Gasteiger partial charge in [-0.05, 0) is 93.2 Å². The number of allylic oxidation sites excluding steroid dienone is 4. The summed E-state index contributed by atoms with van der Waals surface area (Å²) in [5.41, 5.74) is 16.4. The highest BCUT2D eigenvalue weighted by Crippen LogP contribution is 2.51. The van der Waals surface area contributed by atoms with Gasteiger partial charge in [0, 0.05) is 0 Å². The maximum atomic E-state index is 2.71. The van der Waals surface area contributed by atoms with Gasteiger partial charge in [-0.3, -0.25) is 0 Å². The van der Waals surface area contributed by atoms with Crippen molar-refractivity contribution in [2.45, 2.75) is 105 Å². The lowest BCUT2D eigenvalue weighted by Crippen LogP contribution is -2.76. The highest BCUT2D eigenvalue weighted by atomic mass is 29.3. The van der Waals surface area contributed by atoms with Crippen LogP contribution >= 0.6 is 0 Å². The van der Waals surface area contributed by atoms with Crippen LogP contribution in [0.25, 0.3) is 16.7 Å². The Kier molecular flexibility index (Phi) is 4.94. The van der Waals surface area contributed by atoms with Crippen molar-refractivity contribution in [3.63, 3.8) is 0 Å². The van der Waals surface area contributed by atoms with E-state index < -0.39 is 15.2 Å². The number of hydrogen-bond acceptors (Lipinski definition) is 0. The van der Waals surface area contributed by atoms with E-state index in [0.29, 0.717) is 0 Å². The zero-order valence-corrected chi connectivity index (χ0v) is 25.7. The number of fused-ring (bicyclic) bond motifs is 3. The SMILES string of the molecule is Cc1cc2c(c(C3=CC=CC3)c1C(C)(C)C)-c1c(c3c(C)c(C(C)(C)C)c1[Si](C)(C)[Si]3(C)C)C2. The number of aryl methyl sites for hydroxylation is 1. The van der Waals surface area contributed by atoms with Crippen LogP contribution in [-0.4, -0.2) is 15.2 Å². The molecule has 34 heavy (non-hydrogen) atoms. The van der Waals surface area contributed by atoms with Gasteiger partial charge in [0.2, 0.25) is 0 Å². The van der Waals surface area contributed by atoms with Gasteiger partial charge in [0.05, 0.1) is 15.2 Å². The van der Waals surface area contributed by atoms with Gasteiger partial charge in [0.25, 0.3) is 0 Å². The molecular weight excluding hydrogens is 441 g/mol. The Labute approximate surface area is 210 Å². The minimum atomic E-state index is -1.64. The van der Waals surface area contributed by atoms with Crippen molar-refractivity contribution in [3.8, 4) is 11.1 Å². The first-order chi connectivity index (χ1) is 15.5. The molecule has 6 rings (SSSR count). The van der Waals surface area contributed by atoms with E-state index in [1.807, 2.05) is 10.4 Å². The Morgan fingerprint density at radius 3 is 1.85 bits per heavy atom. The summed E-state index contributed by atoms with van der Waals surface area (Å²) in [6.07, 6.45) is 9.21. The normalized spacial score (nSPS) is 19.5. The van der Waals surface area contributed by atoms with E-state index in [2.05, 4.69) is 106 Å². The molecule has 0 saturated carbocycles. The minimum Gasteiger partial charge on any atom is -0.0801 e. The van der Waals surface area contributed by atoms with Crippen LogP contribution in [0.3, 0.4) is 0 Å². The summed E-state index contributed by atoms with van der Waals surface area (Å²) in [6, 6.07) is 2.57. The summed E-state index contributed by atoms with van der Waals surface area (Å²) >= 11 is 0. The quantitative estimate of drug-likeness (QED) is 0.310. The fourth-order valence-electron chi connectivity index (χ4n) is 7.85. The molecule has 180 valence electrons. The predicted molar refractivity (Wildman–Crippen MR) is 158 cm³/mol. The van der Waals surface area contributed by atoms with Crippen molar-refractivity contribution in [1.82, 2.24) is 0 Å². The van der Waals surface area contributed by atoms with Gasteiger partial charge in [0.15, 0.2) is 0 Å². The molecule has 2 bridgehead atoms. The third-order valence-corrected chi connectivity index (χ3v) is 27.2. The largest absolute Gasteiger partial charge is 0.0804 e. The number of rotatable bonds is 1. The van der Waals surface area contributed by atoms with Crippen LogP contribution in [-0.2, 0) is 17.3 Å². The number of hydrogen-bond donors (Lipinski definition) is 0. The molecule has 0 radical (unpaired) electrons. The van der Waals surface area contributed by atoms with Crippen LogP contribution in [0.2, 0.25) is 26.2 Å². The van der Waals surface area contributed by atoms with Crippen LogP contribution in [0.15, 0.2) is 24.3 Å². The summed E-state index contributed by atoms with van der Waals surface area (Å²) in [7, 11) is -3.18. The van der Waals surface area contributed by atoms with E-state index in [9.17, 15) is 0 Å². The molecule has 2 aromatic rings. The van der Waals surface area contributed by atoms with Crippen molar-refractivity contribution < 1.29 is 0 Å². The molecule has 0 atom stereocenters. The van der Waals surface area contributed by atoms with Crippen molar-refractivity contribution in [2.75, 3.05) is 0 Å². The molecule has 2 aromatic carbocycles. The van der Waals surface area contributed by atoms with Crippen LogP contribution in [0.5, 0.6) is 0 Å². The highest BCUT2D eigenvalue weighted by molar-refractivity contribution is 7.51. The summed E-state index contributed by atoms with van der Waals surface area (Å²) < 4.78 is 0. The van der Waals surface area contributed by atoms with Crippen LogP contribution < -0.4 is 10.4 Å². The molecule has 0 N–H and O–H groups in total. The summed E-state index contributed by atoms with van der Waals surface area (Å²) in [6.45, 7) is 30.2. The molecule has 2 aliphatic carbocycles. The average molecular weight is 485 g/mol. The molecule has 0 nitrogen and oxygen atoms in total. The molecule has 0 aromatic heterocycles. The smallest absolute Gasteiger partial charge is 0.0801 e. The van der Waals surface area contributed by atoms with Crippen molar-refractivity contribution >= 4 is 31.1 Å². The van der Waals surface area contributed by atoms with Gasteiger partial charge in [-0.25, -0.2) is 0 Å². The predicted octanol–water partition coefficient (Wildman–Crippen LogP) is 7.74. The zero-order valence-electron chi connectivity index (χ0n) is 23.7. The first-order valence-electron chi connectivity index (χ1n) is 13.3. The maximum Gasteiger partial charge on any atom is 0.0804 e. The molecule has 4 aliphatic rings. The summed E-state index contributed by atoms with van der Waals surface area (Å²) in [5.74, 6) is 0. The molecule has 0 amide bonds. The van der Waals surface area contributed by atoms with E-state index in [-0.39, 0.29) is 10.8 Å². The second-order valence-corrected chi connectivity index (χ2v) is 29.3. The molecule has 2 heterocycles. The van der Waals surface area contributed by atoms with Gasteiger partial charge in [-0.1, -0.05) is 102 Å². The van der Waals surface area contributed by atoms with E-state index in [4.69, 9.17) is 0 Å². The van der Waals surface area contributed by atoms with E-state index in [1.54, 1.807) is 44.5 Å². The lowest BCUT2D eigenvalue weighted by atomic mass is 9.75. The fourth-order valence-corrected chi connectivity index (χ4v) is 18.7. The Morgan fingerprint density at radius 1 is 0.735 bits per heavy atom. The van der Waals surface area contributed by atoms with Crippen molar-refractivity contribution in [1.29, 1.82) is 0 Å². The molecule has 0 fully saturated rings.